The van der Waals surface area contributed by atoms with Gasteiger partial charge in [0.25, 0.3) is 5.91 Å². The maximum atomic E-state index is 12.9. The van der Waals surface area contributed by atoms with Gasteiger partial charge in [-0.05, 0) is 82.0 Å². The zero-order valence-electron chi connectivity index (χ0n) is 19.4. The first-order chi connectivity index (χ1) is 15.4. The van der Waals surface area contributed by atoms with Crippen molar-refractivity contribution in [1.82, 2.24) is 5.32 Å². The van der Waals surface area contributed by atoms with Crippen LogP contribution in [0.2, 0.25) is 0 Å². The zero-order chi connectivity index (χ0) is 23.1. The van der Waals surface area contributed by atoms with Gasteiger partial charge in [-0.2, -0.15) is 0 Å². The number of nitrogens with zero attached hydrogens (tertiary/aromatic N) is 1. The molecule has 0 aromatic heterocycles. The fraction of sp³-hybridized carbons (Fsp3) is 0.440. The summed E-state index contributed by atoms with van der Waals surface area (Å²) in [7, 11) is 0. The Labute approximate surface area is 190 Å². The first kappa shape index (κ1) is 23.4. The van der Waals surface area contributed by atoms with Crippen molar-refractivity contribution >= 4 is 29.0 Å². The molecule has 1 fully saturated rings. The molecule has 0 atom stereocenters. The molecule has 1 aliphatic heterocycles. The molecular weight excluding hydrogens is 404 g/mol. The summed E-state index contributed by atoms with van der Waals surface area (Å²) in [6.45, 7) is 10.5. The number of urea groups is 1. The number of ether oxygens (including phenoxy) is 1. The Hall–Kier alpha value is -3.22. The van der Waals surface area contributed by atoms with Gasteiger partial charge in [-0.1, -0.05) is 6.92 Å². The number of anilines is 3. The predicted molar refractivity (Wildman–Crippen MR) is 130 cm³/mol. The van der Waals surface area contributed by atoms with Gasteiger partial charge < -0.3 is 25.6 Å². The highest BCUT2D eigenvalue weighted by molar-refractivity contribution is 6.04. The van der Waals surface area contributed by atoms with E-state index >= 15 is 0 Å². The van der Waals surface area contributed by atoms with Crippen LogP contribution in [0.1, 0.15) is 50.9 Å². The molecule has 0 bridgehead atoms. The van der Waals surface area contributed by atoms with Crippen LogP contribution in [0.15, 0.2) is 42.5 Å². The molecule has 7 heteroatoms. The van der Waals surface area contributed by atoms with Crippen LogP contribution in [-0.2, 0) is 0 Å². The van der Waals surface area contributed by atoms with Crippen molar-refractivity contribution in [3.63, 3.8) is 0 Å². The summed E-state index contributed by atoms with van der Waals surface area (Å²) < 4.78 is 5.42. The highest BCUT2D eigenvalue weighted by atomic mass is 16.5. The Morgan fingerprint density at radius 1 is 1.03 bits per heavy atom. The van der Waals surface area contributed by atoms with E-state index in [1.165, 1.54) is 0 Å². The van der Waals surface area contributed by atoms with E-state index in [4.69, 9.17) is 4.74 Å². The second kappa shape index (κ2) is 10.9. The predicted octanol–water partition coefficient (Wildman–Crippen LogP) is 5.10. The summed E-state index contributed by atoms with van der Waals surface area (Å²) in [5, 5.41) is 8.62. The van der Waals surface area contributed by atoms with Crippen molar-refractivity contribution in [3.8, 4) is 5.75 Å². The minimum absolute atomic E-state index is 0.0244. The number of benzene rings is 2. The van der Waals surface area contributed by atoms with E-state index in [9.17, 15) is 9.59 Å². The Bertz CT molecular complexity index is 919. The van der Waals surface area contributed by atoms with Crippen LogP contribution in [0.25, 0.3) is 0 Å². The van der Waals surface area contributed by atoms with Crippen molar-refractivity contribution in [2.45, 2.75) is 46.6 Å². The van der Waals surface area contributed by atoms with Crippen LogP contribution in [0.5, 0.6) is 5.75 Å². The fourth-order valence-electron chi connectivity index (χ4n) is 3.76. The molecule has 3 amide bonds. The average Bonchev–Trinajstić information content (AvgIpc) is 2.75. The molecule has 0 saturated carbocycles. The lowest BCUT2D eigenvalue weighted by Gasteiger charge is -2.33. The number of nitrogens with one attached hydrogen (secondary N) is 3. The molecule has 2 aromatic carbocycles. The lowest BCUT2D eigenvalue weighted by atomic mass is 9.97. The highest BCUT2D eigenvalue weighted by Gasteiger charge is 2.22. The largest absolute Gasteiger partial charge is 0.494 e. The molecule has 1 aliphatic rings. The molecule has 0 spiro atoms. The van der Waals surface area contributed by atoms with Crippen LogP contribution in [-0.4, -0.2) is 37.7 Å². The highest BCUT2D eigenvalue weighted by Crippen LogP contribution is 2.29. The molecule has 2 aromatic rings. The first-order valence-electron chi connectivity index (χ1n) is 11.4. The van der Waals surface area contributed by atoms with Gasteiger partial charge >= 0.3 is 6.03 Å². The van der Waals surface area contributed by atoms with Crippen molar-refractivity contribution in [2.24, 2.45) is 5.92 Å². The summed E-state index contributed by atoms with van der Waals surface area (Å²) in [5.41, 5.74) is 2.71. The van der Waals surface area contributed by atoms with Crippen molar-refractivity contribution in [2.75, 3.05) is 35.2 Å². The summed E-state index contributed by atoms with van der Waals surface area (Å²) in [5.74, 6) is 1.32. The van der Waals surface area contributed by atoms with E-state index in [1.54, 1.807) is 18.2 Å². The molecule has 0 aliphatic carbocycles. The second-order valence-electron chi connectivity index (χ2n) is 8.57. The first-order valence-corrected chi connectivity index (χ1v) is 11.4. The maximum Gasteiger partial charge on any atom is 0.323 e. The molecule has 1 saturated heterocycles. The zero-order valence-corrected chi connectivity index (χ0v) is 19.4. The number of hydrogen-bond acceptors (Lipinski definition) is 4. The van der Waals surface area contributed by atoms with Crippen molar-refractivity contribution in [1.29, 1.82) is 0 Å². The topological polar surface area (TPSA) is 82.7 Å². The third-order valence-corrected chi connectivity index (χ3v) is 5.47. The van der Waals surface area contributed by atoms with Crippen LogP contribution < -0.4 is 25.6 Å². The van der Waals surface area contributed by atoms with E-state index in [2.05, 4.69) is 27.8 Å². The summed E-state index contributed by atoms with van der Waals surface area (Å²) in [6.07, 6.45) is 2.21. The van der Waals surface area contributed by atoms with Gasteiger partial charge in [-0.3, -0.25) is 4.79 Å². The minimum atomic E-state index is -0.371. The molecule has 7 nitrogen and oxygen atoms in total. The average molecular weight is 439 g/mol. The van der Waals surface area contributed by atoms with Gasteiger partial charge in [0, 0.05) is 36.2 Å². The standard InChI is InChI=1S/C25H34N4O3/c1-5-32-21-9-6-19(7-10-21)27-25(31)28-20-8-11-23(29-14-12-18(4)13-15-29)22(16-20)24(30)26-17(2)3/h6-11,16-18H,5,12-15H2,1-4H3,(H,26,30)(H2,27,28,31). The molecule has 3 rings (SSSR count). The van der Waals surface area contributed by atoms with Crippen molar-refractivity contribution < 1.29 is 14.3 Å². The molecular formula is C25H34N4O3. The summed E-state index contributed by atoms with van der Waals surface area (Å²) in [4.78, 5) is 27.7. The Balaban J connectivity index is 1.74. The number of piperidine rings is 1. The third kappa shape index (κ3) is 6.39. The molecule has 0 radical (unpaired) electrons. The maximum absolute atomic E-state index is 12.9. The van der Waals surface area contributed by atoms with E-state index in [1.807, 2.05) is 45.0 Å². The molecule has 0 unspecified atom stereocenters. The van der Waals surface area contributed by atoms with Gasteiger partial charge in [-0.15, -0.1) is 0 Å². The van der Waals surface area contributed by atoms with E-state index in [0.29, 0.717) is 29.5 Å². The number of rotatable bonds is 7. The number of carbonyl (C=O) groups is 2. The molecule has 172 valence electrons. The van der Waals surface area contributed by atoms with Gasteiger partial charge in [-0.25, -0.2) is 4.79 Å². The van der Waals surface area contributed by atoms with Crippen LogP contribution >= 0.6 is 0 Å². The lowest BCUT2D eigenvalue weighted by Crippen LogP contribution is -2.36. The molecule has 32 heavy (non-hydrogen) atoms. The monoisotopic (exact) mass is 438 g/mol. The van der Waals surface area contributed by atoms with E-state index in [0.717, 1.165) is 37.4 Å². The Morgan fingerprint density at radius 2 is 1.66 bits per heavy atom. The SMILES string of the molecule is CCOc1ccc(NC(=O)Nc2ccc(N3CCC(C)CC3)c(C(=O)NC(C)C)c2)cc1. The third-order valence-electron chi connectivity index (χ3n) is 5.47. The van der Waals surface area contributed by atoms with Gasteiger partial charge in [0.15, 0.2) is 0 Å². The Morgan fingerprint density at radius 3 is 2.28 bits per heavy atom. The number of amides is 3. The second-order valence-corrected chi connectivity index (χ2v) is 8.57. The smallest absolute Gasteiger partial charge is 0.323 e. The molecule has 3 N–H and O–H groups in total. The normalized spacial score (nSPS) is 14.2. The number of hydrogen-bond donors (Lipinski definition) is 3. The van der Waals surface area contributed by atoms with Gasteiger partial charge in [0.2, 0.25) is 0 Å². The van der Waals surface area contributed by atoms with E-state index in [-0.39, 0.29) is 18.0 Å². The Kier molecular flexibility index (Phi) is 7.98. The van der Waals surface area contributed by atoms with Crippen LogP contribution in [0, 0.1) is 5.92 Å². The minimum Gasteiger partial charge on any atom is -0.494 e. The van der Waals surface area contributed by atoms with Crippen LogP contribution in [0.3, 0.4) is 0 Å². The summed E-state index contributed by atoms with van der Waals surface area (Å²) >= 11 is 0. The van der Waals surface area contributed by atoms with Crippen molar-refractivity contribution in [3.05, 3.63) is 48.0 Å². The van der Waals surface area contributed by atoms with E-state index < -0.39 is 0 Å². The van der Waals surface area contributed by atoms with Gasteiger partial charge in [0.1, 0.15) is 5.75 Å². The fourth-order valence-corrected chi connectivity index (χ4v) is 3.76. The quantitative estimate of drug-likeness (QED) is 0.561. The number of carbonyl (C=O) groups excluding carboxylic acids is 2. The van der Waals surface area contributed by atoms with Gasteiger partial charge in [0.05, 0.1) is 12.2 Å². The summed E-state index contributed by atoms with van der Waals surface area (Å²) in [6, 6.07) is 12.4. The molecule has 1 heterocycles. The lowest BCUT2D eigenvalue weighted by molar-refractivity contribution is 0.0943. The van der Waals surface area contributed by atoms with Crippen LogP contribution in [0.4, 0.5) is 21.9 Å².